The van der Waals surface area contributed by atoms with Crippen LogP contribution in [0.25, 0.3) is 0 Å². The lowest BCUT2D eigenvalue weighted by Gasteiger charge is -2.33. The maximum atomic E-state index is 11.4. The third-order valence-electron chi connectivity index (χ3n) is 5.71. The van der Waals surface area contributed by atoms with Gasteiger partial charge in [0.1, 0.15) is 11.4 Å². The normalized spacial score (nSPS) is 14.1. The summed E-state index contributed by atoms with van der Waals surface area (Å²) in [5.41, 5.74) is 5.11. The Morgan fingerprint density at radius 1 is 1.16 bits per heavy atom. The fraction of sp³-hybridized carbons (Fsp3) is 0.500. The molecule has 0 aliphatic carbocycles. The van der Waals surface area contributed by atoms with Crippen molar-refractivity contribution in [1.82, 2.24) is 10.2 Å². The first-order chi connectivity index (χ1) is 14.9. The van der Waals surface area contributed by atoms with Crippen LogP contribution in [0, 0.1) is 11.8 Å². The second-order valence-corrected chi connectivity index (χ2v) is 8.51. The van der Waals surface area contributed by atoms with Gasteiger partial charge in [0, 0.05) is 17.5 Å². The van der Waals surface area contributed by atoms with Gasteiger partial charge in [0.25, 0.3) is 0 Å². The molecule has 1 aliphatic heterocycles. The number of fused-ring (bicyclic) bond motifs is 1. The molecule has 0 saturated heterocycles. The van der Waals surface area contributed by atoms with E-state index in [0.29, 0.717) is 18.7 Å². The molecule has 164 valence electrons. The summed E-state index contributed by atoms with van der Waals surface area (Å²) in [5.74, 6) is 7.33. The summed E-state index contributed by atoms with van der Waals surface area (Å²) in [6.07, 6.45) is 4.82. The number of hydrogen-bond acceptors (Lipinski definition) is 5. The van der Waals surface area contributed by atoms with Gasteiger partial charge >= 0.3 is 5.97 Å². The molecule has 0 radical (unpaired) electrons. The van der Waals surface area contributed by atoms with Gasteiger partial charge in [-0.2, -0.15) is 5.10 Å². The maximum Gasteiger partial charge on any atom is 0.305 e. The van der Waals surface area contributed by atoms with Crippen LogP contribution in [0.4, 0.5) is 0 Å². The fourth-order valence-corrected chi connectivity index (χ4v) is 3.73. The topological polar surface area (TPSA) is 61.3 Å². The Bertz CT molecular complexity index is 969. The van der Waals surface area contributed by atoms with Gasteiger partial charge in [0.15, 0.2) is 0 Å². The molecule has 0 bridgehead atoms. The molecule has 31 heavy (non-hydrogen) atoms. The third-order valence-corrected chi connectivity index (χ3v) is 5.71. The summed E-state index contributed by atoms with van der Waals surface area (Å²) in [5, 5.41) is 8.56. The number of unbranched alkanes of at least 4 members (excludes halogenated alkanes) is 1. The van der Waals surface area contributed by atoms with E-state index in [0.717, 1.165) is 55.7 Å². The van der Waals surface area contributed by atoms with E-state index in [4.69, 9.17) is 9.47 Å². The molecule has 0 N–H and O–H groups in total. The largest absolute Gasteiger partial charge is 0.493 e. The van der Waals surface area contributed by atoms with Gasteiger partial charge in [-0.3, -0.25) is 4.79 Å². The van der Waals surface area contributed by atoms with Gasteiger partial charge in [0.2, 0.25) is 0 Å². The van der Waals surface area contributed by atoms with Gasteiger partial charge in [-0.1, -0.05) is 26.7 Å². The number of ether oxygens (including phenoxy) is 2. The molecule has 0 fully saturated rings. The van der Waals surface area contributed by atoms with Crippen molar-refractivity contribution in [3.63, 3.8) is 0 Å². The lowest BCUT2D eigenvalue weighted by atomic mass is 9.78. The van der Waals surface area contributed by atoms with Crippen LogP contribution < -0.4 is 4.74 Å². The molecular formula is C26H32N2O3. The molecule has 1 aromatic heterocycles. The highest BCUT2D eigenvalue weighted by Crippen LogP contribution is 2.39. The molecule has 2 heterocycles. The van der Waals surface area contributed by atoms with Gasteiger partial charge in [-0.15, -0.1) is 5.10 Å². The van der Waals surface area contributed by atoms with Crippen molar-refractivity contribution >= 4 is 5.97 Å². The van der Waals surface area contributed by atoms with Crippen LogP contribution >= 0.6 is 0 Å². The first kappa shape index (κ1) is 22.8. The summed E-state index contributed by atoms with van der Waals surface area (Å²) < 4.78 is 10.8. The number of esters is 1. The van der Waals surface area contributed by atoms with E-state index < -0.39 is 0 Å². The lowest BCUT2D eigenvalue weighted by molar-refractivity contribution is -0.143. The van der Waals surface area contributed by atoms with Crippen LogP contribution in [-0.4, -0.2) is 29.4 Å². The van der Waals surface area contributed by atoms with Crippen molar-refractivity contribution in [2.45, 2.75) is 71.6 Å². The van der Waals surface area contributed by atoms with Crippen LogP contribution in [0.2, 0.25) is 0 Å². The van der Waals surface area contributed by atoms with Crippen molar-refractivity contribution in [1.29, 1.82) is 0 Å². The highest BCUT2D eigenvalue weighted by molar-refractivity contribution is 5.69. The summed E-state index contributed by atoms with van der Waals surface area (Å²) >= 11 is 0. The molecule has 0 saturated carbocycles. The van der Waals surface area contributed by atoms with E-state index in [1.807, 2.05) is 19.1 Å². The lowest BCUT2D eigenvalue weighted by Crippen LogP contribution is -2.27. The Balaban J connectivity index is 1.66. The smallest absolute Gasteiger partial charge is 0.305 e. The zero-order valence-electron chi connectivity index (χ0n) is 19.1. The Hall–Kier alpha value is -2.87. The second kappa shape index (κ2) is 10.4. The van der Waals surface area contributed by atoms with Crippen molar-refractivity contribution < 1.29 is 14.3 Å². The minimum Gasteiger partial charge on any atom is -0.493 e. The molecule has 1 aromatic carbocycles. The number of hydrogen-bond donors (Lipinski definition) is 0. The number of benzene rings is 1. The molecular weight excluding hydrogens is 388 g/mol. The first-order valence-electron chi connectivity index (χ1n) is 11.2. The molecule has 5 heteroatoms. The highest BCUT2D eigenvalue weighted by Gasteiger charge is 2.29. The predicted octanol–water partition coefficient (Wildman–Crippen LogP) is 4.77. The standard InChI is InChI=1S/C26H32N2O3/c1-5-19-18-24-23(26(3,4)15-16-31-24)17-20(19)11-12-22-14-13-21(27-28-22)9-7-8-10-25(29)30-6-2/h13-14,17-18H,5-10,15-16H2,1-4H3. The molecule has 1 aliphatic rings. The number of rotatable bonds is 7. The SMILES string of the molecule is CCOC(=O)CCCCc1ccc(C#Cc2cc3c(cc2CC)OCCC3(C)C)nn1. The van der Waals surface area contributed by atoms with E-state index in [-0.39, 0.29) is 11.4 Å². The first-order valence-corrected chi connectivity index (χ1v) is 11.2. The van der Waals surface area contributed by atoms with Crippen molar-refractivity contribution in [3.8, 4) is 17.6 Å². The van der Waals surface area contributed by atoms with Crippen molar-refractivity contribution in [3.05, 3.63) is 52.3 Å². The molecule has 0 atom stereocenters. The van der Waals surface area contributed by atoms with Crippen molar-refractivity contribution in [2.24, 2.45) is 0 Å². The zero-order valence-corrected chi connectivity index (χ0v) is 19.1. The van der Waals surface area contributed by atoms with E-state index >= 15 is 0 Å². The molecule has 3 rings (SSSR count). The summed E-state index contributed by atoms with van der Waals surface area (Å²) in [6.45, 7) is 9.67. The molecule has 0 amide bonds. The number of nitrogens with zero attached hydrogens (tertiary/aromatic N) is 2. The van der Waals surface area contributed by atoms with Gasteiger partial charge < -0.3 is 9.47 Å². The van der Waals surface area contributed by atoms with Crippen LogP contribution in [0.5, 0.6) is 5.75 Å². The average Bonchev–Trinajstić information content (AvgIpc) is 2.76. The highest BCUT2D eigenvalue weighted by atomic mass is 16.5. The molecule has 5 nitrogen and oxygen atoms in total. The van der Waals surface area contributed by atoms with Crippen LogP contribution in [0.1, 0.15) is 81.5 Å². The quantitative estimate of drug-likeness (QED) is 0.367. The van der Waals surface area contributed by atoms with Crippen molar-refractivity contribution in [2.75, 3.05) is 13.2 Å². The number of aromatic nitrogens is 2. The van der Waals surface area contributed by atoms with E-state index in [9.17, 15) is 4.79 Å². The zero-order chi connectivity index (χ0) is 22.3. The Morgan fingerprint density at radius 2 is 2.00 bits per heavy atom. The van der Waals surface area contributed by atoms with Gasteiger partial charge in [0.05, 0.1) is 18.9 Å². The number of carbonyl (C=O) groups is 1. The predicted molar refractivity (Wildman–Crippen MR) is 121 cm³/mol. The maximum absolute atomic E-state index is 11.4. The Kier molecular flexibility index (Phi) is 7.68. The van der Waals surface area contributed by atoms with Gasteiger partial charge in [-0.05, 0) is 80.2 Å². The number of aryl methyl sites for hydroxylation is 2. The van der Waals surface area contributed by atoms with E-state index in [1.165, 1.54) is 11.1 Å². The molecule has 0 spiro atoms. The van der Waals surface area contributed by atoms with E-state index in [1.54, 1.807) is 0 Å². The summed E-state index contributed by atoms with van der Waals surface area (Å²) in [4.78, 5) is 11.4. The Morgan fingerprint density at radius 3 is 2.71 bits per heavy atom. The second-order valence-electron chi connectivity index (χ2n) is 8.51. The average molecular weight is 421 g/mol. The monoisotopic (exact) mass is 420 g/mol. The van der Waals surface area contributed by atoms with E-state index in [2.05, 4.69) is 54.9 Å². The minimum atomic E-state index is -0.136. The fourth-order valence-electron chi connectivity index (χ4n) is 3.73. The summed E-state index contributed by atoms with van der Waals surface area (Å²) in [6, 6.07) is 8.21. The summed E-state index contributed by atoms with van der Waals surface area (Å²) in [7, 11) is 0. The Labute approximate surface area is 185 Å². The molecule has 0 unspecified atom stereocenters. The minimum absolute atomic E-state index is 0.0883. The van der Waals surface area contributed by atoms with Crippen LogP contribution in [-0.2, 0) is 27.8 Å². The van der Waals surface area contributed by atoms with Gasteiger partial charge in [-0.25, -0.2) is 0 Å². The third kappa shape index (κ3) is 6.07. The molecule has 2 aromatic rings. The van der Waals surface area contributed by atoms with Crippen LogP contribution in [0.3, 0.4) is 0 Å². The van der Waals surface area contributed by atoms with Crippen LogP contribution in [0.15, 0.2) is 24.3 Å². The number of carbonyl (C=O) groups excluding carboxylic acids is 1.